The molecule has 0 spiro atoms. The lowest BCUT2D eigenvalue weighted by molar-refractivity contribution is 0.806. The van der Waals surface area contributed by atoms with Crippen molar-refractivity contribution in [2.75, 3.05) is 5.75 Å². The van der Waals surface area contributed by atoms with Crippen LogP contribution in [0.1, 0.15) is 17.2 Å². The molecule has 0 amide bonds. The van der Waals surface area contributed by atoms with Gasteiger partial charge in [0, 0.05) is 25.2 Å². The van der Waals surface area contributed by atoms with Crippen LogP contribution in [0.15, 0.2) is 99.6 Å². The largest absolute Gasteiger partial charge is 0.126 e. The Morgan fingerprint density at radius 2 is 1.28 bits per heavy atom. The first-order chi connectivity index (χ1) is 12.4. The monoisotopic (exact) mass is 380 g/mol. The highest BCUT2D eigenvalue weighted by atomic mass is 32.2. The van der Waals surface area contributed by atoms with Gasteiger partial charge in [-0.15, -0.1) is 35.3 Å². The Bertz CT molecular complexity index is 802. The molecule has 3 aromatic carbocycles. The van der Waals surface area contributed by atoms with Gasteiger partial charge in [0.15, 0.2) is 0 Å². The minimum Gasteiger partial charge on any atom is -0.126 e. The molecule has 1 aliphatic rings. The Hall–Kier alpha value is -1.29. The first-order valence-electron chi connectivity index (χ1n) is 8.55. The van der Waals surface area contributed by atoms with Crippen molar-refractivity contribution in [1.29, 1.82) is 0 Å². The van der Waals surface area contributed by atoms with E-state index in [1.807, 2.05) is 35.3 Å². The maximum atomic E-state index is 2.33. The summed E-state index contributed by atoms with van der Waals surface area (Å²) in [5.74, 6) is 1.19. The number of benzene rings is 3. The van der Waals surface area contributed by atoms with Crippen molar-refractivity contribution in [2.24, 2.45) is 0 Å². The van der Waals surface area contributed by atoms with Gasteiger partial charge in [-0.1, -0.05) is 54.6 Å². The maximum absolute atomic E-state index is 2.33. The molecule has 2 atom stereocenters. The van der Waals surface area contributed by atoms with Gasteiger partial charge >= 0.3 is 0 Å². The predicted molar refractivity (Wildman–Crippen MR) is 113 cm³/mol. The number of hydrogen-bond acceptors (Lipinski definition) is 3. The lowest BCUT2D eigenvalue weighted by atomic mass is 10.1. The predicted octanol–water partition coefficient (Wildman–Crippen LogP) is 7.18. The smallest absolute Gasteiger partial charge is 0.0478 e. The second kappa shape index (κ2) is 8.39. The summed E-state index contributed by atoms with van der Waals surface area (Å²) in [4.78, 5) is 4.18. The summed E-state index contributed by atoms with van der Waals surface area (Å²) in [5, 5.41) is 1.04. The maximum Gasteiger partial charge on any atom is 0.0478 e. The quantitative estimate of drug-likeness (QED) is 0.470. The SMILES string of the molecule is c1ccc(S[C@H]2CCSc3ccccc3[C@@H]2Sc2ccccc2)cc1. The summed E-state index contributed by atoms with van der Waals surface area (Å²) in [5.41, 5.74) is 1.49. The van der Waals surface area contributed by atoms with Crippen LogP contribution in [0.25, 0.3) is 0 Å². The summed E-state index contributed by atoms with van der Waals surface area (Å²) >= 11 is 6.06. The van der Waals surface area contributed by atoms with Crippen molar-refractivity contribution < 1.29 is 0 Å². The molecule has 0 aromatic heterocycles. The van der Waals surface area contributed by atoms with Crippen LogP contribution in [-0.2, 0) is 0 Å². The van der Waals surface area contributed by atoms with Crippen LogP contribution in [0.2, 0.25) is 0 Å². The average Bonchev–Trinajstić information content (AvgIpc) is 2.83. The lowest BCUT2D eigenvalue weighted by Crippen LogP contribution is -2.12. The summed E-state index contributed by atoms with van der Waals surface area (Å²) in [6.45, 7) is 0. The second-order valence-electron chi connectivity index (χ2n) is 6.00. The fourth-order valence-corrected chi connectivity index (χ4v) is 7.15. The Morgan fingerprint density at radius 1 is 0.680 bits per heavy atom. The van der Waals surface area contributed by atoms with Gasteiger partial charge in [-0.25, -0.2) is 0 Å². The molecule has 25 heavy (non-hydrogen) atoms. The van der Waals surface area contributed by atoms with Gasteiger partial charge in [0.25, 0.3) is 0 Å². The van der Waals surface area contributed by atoms with Crippen molar-refractivity contribution in [3.63, 3.8) is 0 Å². The zero-order valence-electron chi connectivity index (χ0n) is 13.9. The van der Waals surface area contributed by atoms with E-state index in [4.69, 9.17) is 0 Å². The lowest BCUT2D eigenvalue weighted by Gasteiger charge is -2.25. The van der Waals surface area contributed by atoms with Crippen molar-refractivity contribution in [3.05, 3.63) is 90.5 Å². The number of fused-ring (bicyclic) bond motifs is 1. The van der Waals surface area contributed by atoms with Crippen molar-refractivity contribution in [3.8, 4) is 0 Å². The van der Waals surface area contributed by atoms with E-state index < -0.39 is 0 Å². The molecule has 0 unspecified atom stereocenters. The standard InChI is InChI=1S/C22H20S3/c1-3-9-17(10-4-1)24-21-15-16-23-20-14-8-7-13-19(20)22(21)25-18-11-5-2-6-12-18/h1-14,21-22H,15-16H2/t21-,22-/m0/s1. The Morgan fingerprint density at radius 3 is 2.00 bits per heavy atom. The first-order valence-corrected chi connectivity index (χ1v) is 11.3. The molecule has 4 rings (SSSR count). The van der Waals surface area contributed by atoms with Crippen molar-refractivity contribution in [2.45, 2.75) is 31.6 Å². The number of hydrogen-bond donors (Lipinski definition) is 0. The fraction of sp³-hybridized carbons (Fsp3) is 0.182. The van der Waals surface area contributed by atoms with E-state index in [9.17, 15) is 0 Å². The van der Waals surface area contributed by atoms with Crippen LogP contribution in [0.3, 0.4) is 0 Å². The van der Waals surface area contributed by atoms with Crippen LogP contribution in [0, 0.1) is 0 Å². The molecular weight excluding hydrogens is 360 g/mol. The molecule has 0 aliphatic carbocycles. The van der Waals surface area contributed by atoms with Crippen LogP contribution in [0.4, 0.5) is 0 Å². The van der Waals surface area contributed by atoms with E-state index in [0.717, 1.165) is 0 Å². The third-order valence-corrected chi connectivity index (χ3v) is 8.29. The fourth-order valence-electron chi connectivity index (χ4n) is 3.06. The minimum atomic E-state index is 0.471. The van der Waals surface area contributed by atoms with E-state index >= 15 is 0 Å². The molecule has 3 aromatic rings. The van der Waals surface area contributed by atoms with E-state index in [2.05, 4.69) is 84.9 Å². The zero-order chi connectivity index (χ0) is 16.9. The van der Waals surface area contributed by atoms with Gasteiger partial charge in [-0.3, -0.25) is 0 Å². The van der Waals surface area contributed by atoms with Gasteiger partial charge in [-0.2, -0.15) is 0 Å². The van der Waals surface area contributed by atoms with Crippen LogP contribution < -0.4 is 0 Å². The molecule has 0 radical (unpaired) electrons. The summed E-state index contributed by atoms with van der Waals surface area (Å²) in [7, 11) is 0. The zero-order valence-corrected chi connectivity index (χ0v) is 16.3. The van der Waals surface area contributed by atoms with E-state index in [1.54, 1.807) is 0 Å². The highest BCUT2D eigenvalue weighted by Crippen LogP contribution is 2.50. The molecule has 0 saturated carbocycles. The number of rotatable bonds is 4. The summed E-state index contributed by atoms with van der Waals surface area (Å²) in [6, 6.07) is 30.6. The Kier molecular flexibility index (Phi) is 5.75. The normalized spacial score (nSPS) is 19.8. The van der Waals surface area contributed by atoms with Gasteiger partial charge in [0.05, 0.1) is 0 Å². The Balaban J connectivity index is 1.68. The molecule has 1 aliphatic heterocycles. The molecule has 0 fully saturated rings. The minimum absolute atomic E-state index is 0.471. The van der Waals surface area contributed by atoms with Gasteiger partial charge in [0.2, 0.25) is 0 Å². The topological polar surface area (TPSA) is 0 Å². The van der Waals surface area contributed by atoms with Gasteiger partial charge in [-0.05, 0) is 48.1 Å². The van der Waals surface area contributed by atoms with Gasteiger partial charge in [0.1, 0.15) is 0 Å². The number of thioether (sulfide) groups is 3. The molecule has 0 bridgehead atoms. The van der Waals surface area contributed by atoms with Gasteiger partial charge < -0.3 is 0 Å². The molecular formula is C22H20S3. The van der Waals surface area contributed by atoms with E-state index in [-0.39, 0.29) is 0 Å². The van der Waals surface area contributed by atoms with Crippen LogP contribution >= 0.6 is 35.3 Å². The molecule has 3 heteroatoms. The van der Waals surface area contributed by atoms with Crippen molar-refractivity contribution in [1.82, 2.24) is 0 Å². The molecule has 0 saturated heterocycles. The van der Waals surface area contributed by atoms with E-state index in [1.165, 1.54) is 32.4 Å². The van der Waals surface area contributed by atoms with Crippen molar-refractivity contribution >= 4 is 35.3 Å². The van der Waals surface area contributed by atoms with Crippen LogP contribution in [-0.4, -0.2) is 11.0 Å². The van der Waals surface area contributed by atoms with Crippen LogP contribution in [0.5, 0.6) is 0 Å². The average molecular weight is 381 g/mol. The highest BCUT2D eigenvalue weighted by molar-refractivity contribution is 8.04. The molecule has 0 N–H and O–H groups in total. The first kappa shape index (κ1) is 17.1. The third kappa shape index (κ3) is 4.28. The summed E-state index contributed by atoms with van der Waals surface area (Å²) < 4.78 is 0. The molecule has 0 nitrogen and oxygen atoms in total. The molecule has 1 heterocycles. The highest BCUT2D eigenvalue weighted by Gasteiger charge is 2.29. The molecule has 126 valence electrons. The Labute approximate surface area is 162 Å². The third-order valence-electron chi connectivity index (χ3n) is 4.26. The summed E-state index contributed by atoms with van der Waals surface area (Å²) in [6.07, 6.45) is 1.23. The second-order valence-corrected chi connectivity index (χ2v) is 9.66. The van der Waals surface area contributed by atoms with E-state index in [0.29, 0.717) is 10.5 Å².